The van der Waals surface area contributed by atoms with Crippen molar-refractivity contribution in [3.8, 4) is 0 Å². The Hall–Kier alpha value is -0.920. The zero-order valence-electron chi connectivity index (χ0n) is 6.77. The first kappa shape index (κ1) is 10.1. The highest BCUT2D eigenvalue weighted by Gasteiger charge is 2.03. The van der Waals surface area contributed by atoms with Crippen molar-refractivity contribution < 1.29 is 9.53 Å². The second-order valence-corrected chi connectivity index (χ2v) is 2.32. The van der Waals surface area contributed by atoms with Crippen LogP contribution in [-0.2, 0) is 9.53 Å². The molecular weight excluding hydrogens is 140 g/mol. The van der Waals surface area contributed by atoms with Crippen molar-refractivity contribution in [3.05, 3.63) is 26.2 Å². The summed E-state index contributed by atoms with van der Waals surface area (Å²) in [6.45, 7) is 10.4. The lowest BCUT2D eigenvalue weighted by Crippen LogP contribution is -2.01. The first-order valence-corrected chi connectivity index (χ1v) is 3.67. The van der Waals surface area contributed by atoms with E-state index in [2.05, 4.69) is 25.2 Å². The molecule has 0 aliphatic rings. The van der Waals surface area contributed by atoms with Crippen LogP contribution in [0, 0.1) is 13.8 Å². The van der Waals surface area contributed by atoms with Crippen molar-refractivity contribution in [3.63, 3.8) is 0 Å². The molecular formula is C9H14O2. The number of carbonyl (C=O) groups excluding carboxylic acids is 1. The second kappa shape index (κ2) is 5.83. The molecule has 2 heteroatoms. The number of hydrogen-bond donors (Lipinski definition) is 0. The van der Waals surface area contributed by atoms with Gasteiger partial charge in [-0.1, -0.05) is 6.42 Å². The van der Waals surface area contributed by atoms with E-state index in [1.54, 1.807) is 0 Å². The highest BCUT2D eigenvalue weighted by molar-refractivity contribution is 5.70. The molecule has 0 unspecified atom stereocenters. The Kier molecular flexibility index (Phi) is 5.35. The molecule has 0 fully saturated rings. The maximum absolute atomic E-state index is 10.8. The molecule has 0 aliphatic carbocycles. The van der Waals surface area contributed by atoms with Gasteiger partial charge >= 0.3 is 5.97 Å². The minimum absolute atomic E-state index is 0.213. The van der Waals surface area contributed by atoms with Crippen molar-refractivity contribution >= 4 is 5.97 Å². The maximum Gasteiger partial charge on any atom is 0.313 e. The van der Waals surface area contributed by atoms with E-state index in [0.717, 1.165) is 19.3 Å². The fraction of sp³-hybridized carbons (Fsp3) is 0.444. The van der Waals surface area contributed by atoms with Crippen LogP contribution in [0.15, 0.2) is 12.3 Å². The molecule has 0 aromatic rings. The van der Waals surface area contributed by atoms with Crippen molar-refractivity contribution in [1.29, 1.82) is 0 Å². The zero-order valence-corrected chi connectivity index (χ0v) is 6.77. The number of esters is 1. The lowest BCUT2D eigenvalue weighted by Gasteiger charge is -1.99. The van der Waals surface area contributed by atoms with Crippen LogP contribution in [-0.4, -0.2) is 5.97 Å². The van der Waals surface area contributed by atoms with Gasteiger partial charge in [0.15, 0.2) is 0 Å². The SMILES string of the molecule is C=C([CH2+])OC(=O)CCCC[CH2-]. The predicted octanol–water partition coefficient (Wildman–Crippen LogP) is 2.27. The summed E-state index contributed by atoms with van der Waals surface area (Å²) in [7, 11) is 0. The van der Waals surface area contributed by atoms with E-state index in [1.807, 2.05) is 0 Å². The first-order chi connectivity index (χ1) is 5.16. The fourth-order valence-electron chi connectivity index (χ4n) is 0.658. The molecule has 0 saturated carbocycles. The second-order valence-electron chi connectivity index (χ2n) is 2.32. The number of allylic oxidation sites excluding steroid dienone is 1. The van der Waals surface area contributed by atoms with Gasteiger partial charge in [0.05, 0.1) is 13.5 Å². The standard InChI is InChI=1S/C9H14O2/c1-4-5-6-7-9(10)11-8(2)3/h1-7H2. The van der Waals surface area contributed by atoms with Crippen molar-refractivity contribution in [2.24, 2.45) is 0 Å². The van der Waals surface area contributed by atoms with Gasteiger partial charge in [-0.25, -0.2) is 0 Å². The van der Waals surface area contributed by atoms with Gasteiger partial charge in [0.1, 0.15) is 0 Å². The molecule has 0 saturated heterocycles. The Bertz CT molecular complexity index is 138. The largest absolute Gasteiger partial charge is 0.390 e. The topological polar surface area (TPSA) is 26.3 Å². The molecule has 62 valence electrons. The summed E-state index contributed by atoms with van der Waals surface area (Å²) in [5, 5.41) is 0. The van der Waals surface area contributed by atoms with E-state index in [-0.39, 0.29) is 11.7 Å². The van der Waals surface area contributed by atoms with E-state index in [9.17, 15) is 4.79 Å². The Balaban J connectivity index is 3.30. The van der Waals surface area contributed by atoms with Crippen molar-refractivity contribution in [2.45, 2.75) is 25.7 Å². The van der Waals surface area contributed by atoms with Gasteiger partial charge in [0, 0.05) is 6.42 Å². The Morgan fingerprint density at radius 1 is 1.55 bits per heavy atom. The number of ether oxygens (including phenoxy) is 1. The van der Waals surface area contributed by atoms with Gasteiger partial charge in [-0.15, -0.1) is 0 Å². The molecule has 0 atom stereocenters. The predicted molar refractivity (Wildman–Crippen MR) is 44.4 cm³/mol. The third-order valence-corrected chi connectivity index (χ3v) is 1.14. The van der Waals surface area contributed by atoms with Crippen LogP contribution in [0.3, 0.4) is 0 Å². The van der Waals surface area contributed by atoms with E-state index >= 15 is 0 Å². The van der Waals surface area contributed by atoms with Gasteiger partial charge in [0.25, 0.3) is 5.76 Å². The molecule has 0 aromatic carbocycles. The smallest absolute Gasteiger partial charge is 0.313 e. The number of hydrogen-bond acceptors (Lipinski definition) is 2. The number of unbranched alkanes of at least 4 members (excludes halogenated alkanes) is 2. The Morgan fingerprint density at radius 2 is 2.18 bits per heavy atom. The van der Waals surface area contributed by atoms with Crippen LogP contribution in [0.2, 0.25) is 0 Å². The third-order valence-electron chi connectivity index (χ3n) is 1.14. The molecule has 0 N–H and O–H groups in total. The quantitative estimate of drug-likeness (QED) is 0.263. The summed E-state index contributed by atoms with van der Waals surface area (Å²) in [5.74, 6) is -0.0388. The van der Waals surface area contributed by atoms with Gasteiger partial charge < -0.3 is 11.7 Å². The monoisotopic (exact) mass is 154 g/mol. The van der Waals surface area contributed by atoms with E-state index in [4.69, 9.17) is 0 Å². The van der Waals surface area contributed by atoms with Crippen molar-refractivity contribution in [2.75, 3.05) is 0 Å². The van der Waals surface area contributed by atoms with E-state index in [1.165, 1.54) is 0 Å². The molecule has 0 heterocycles. The molecule has 0 bridgehead atoms. The fourth-order valence-corrected chi connectivity index (χ4v) is 0.658. The average molecular weight is 154 g/mol. The van der Waals surface area contributed by atoms with Gasteiger partial charge in [-0.05, 0) is 6.42 Å². The van der Waals surface area contributed by atoms with Gasteiger partial charge in [-0.3, -0.25) is 4.79 Å². The van der Waals surface area contributed by atoms with E-state index in [0.29, 0.717) is 6.42 Å². The minimum Gasteiger partial charge on any atom is -0.390 e. The molecule has 11 heavy (non-hydrogen) atoms. The summed E-state index contributed by atoms with van der Waals surface area (Å²) < 4.78 is 4.63. The molecule has 0 spiro atoms. The van der Waals surface area contributed by atoms with Crippen LogP contribution in [0.4, 0.5) is 0 Å². The Morgan fingerprint density at radius 3 is 2.64 bits per heavy atom. The van der Waals surface area contributed by atoms with E-state index < -0.39 is 0 Å². The summed E-state index contributed by atoms with van der Waals surface area (Å²) in [6.07, 6.45) is 3.08. The van der Waals surface area contributed by atoms with Crippen LogP contribution in [0.5, 0.6) is 0 Å². The maximum atomic E-state index is 10.8. The lowest BCUT2D eigenvalue weighted by molar-refractivity contribution is -0.139. The Labute approximate surface area is 68.2 Å². The highest BCUT2D eigenvalue weighted by Crippen LogP contribution is 2.02. The molecule has 2 nitrogen and oxygen atoms in total. The molecule has 0 rings (SSSR count). The lowest BCUT2D eigenvalue weighted by atomic mass is 10.2. The highest BCUT2D eigenvalue weighted by atomic mass is 16.5. The molecule has 0 aliphatic heterocycles. The average Bonchev–Trinajstić information content (AvgIpc) is 1.86. The van der Waals surface area contributed by atoms with Crippen molar-refractivity contribution in [1.82, 2.24) is 0 Å². The molecule has 0 amide bonds. The summed E-state index contributed by atoms with van der Waals surface area (Å²) in [6, 6.07) is 0. The number of carbonyl (C=O) groups is 1. The van der Waals surface area contributed by atoms with Crippen LogP contribution in [0.25, 0.3) is 0 Å². The van der Waals surface area contributed by atoms with Crippen LogP contribution in [0.1, 0.15) is 25.7 Å². The van der Waals surface area contributed by atoms with Gasteiger partial charge in [0.2, 0.25) is 0 Å². The molecule has 0 aromatic heterocycles. The van der Waals surface area contributed by atoms with Crippen LogP contribution >= 0.6 is 0 Å². The first-order valence-electron chi connectivity index (χ1n) is 3.67. The summed E-state index contributed by atoms with van der Waals surface area (Å²) >= 11 is 0. The van der Waals surface area contributed by atoms with Crippen LogP contribution < -0.4 is 0 Å². The summed E-state index contributed by atoms with van der Waals surface area (Å²) in [4.78, 5) is 10.8. The normalized spacial score (nSPS) is 9.18. The molecule has 0 radical (unpaired) electrons. The van der Waals surface area contributed by atoms with Gasteiger partial charge in [-0.2, -0.15) is 6.42 Å². The summed E-state index contributed by atoms with van der Waals surface area (Å²) in [5.41, 5.74) is 0. The third kappa shape index (κ3) is 6.97. The minimum atomic E-state index is -0.251. The zero-order chi connectivity index (χ0) is 8.69. The number of rotatable bonds is 5.